The van der Waals surface area contributed by atoms with Crippen LogP contribution in [-0.4, -0.2) is 17.0 Å². The standard InChI is InChI=1S/C22H21ClN2O2/c1-13(2)27-16-9-7-15(8-10-16)24-22(26)21-17-4-3-5-19(17)25-20-11-6-14(23)12-18(20)21/h6-13H,3-5H2,1-2H3,(H,24,26). The van der Waals surface area contributed by atoms with Gasteiger partial charge >= 0.3 is 0 Å². The van der Waals surface area contributed by atoms with Crippen LogP contribution < -0.4 is 10.1 Å². The SMILES string of the molecule is CC(C)Oc1ccc(NC(=O)c2c3c(nc4ccc(Cl)cc24)CCC3)cc1. The largest absolute Gasteiger partial charge is 0.491 e. The minimum absolute atomic E-state index is 0.112. The molecule has 0 atom stereocenters. The van der Waals surface area contributed by atoms with Gasteiger partial charge in [0.1, 0.15) is 5.75 Å². The normalized spacial score (nSPS) is 13.0. The Kier molecular flexibility index (Phi) is 4.75. The van der Waals surface area contributed by atoms with Crippen LogP contribution in [0.5, 0.6) is 5.75 Å². The predicted molar refractivity (Wildman–Crippen MR) is 109 cm³/mol. The van der Waals surface area contributed by atoms with Gasteiger partial charge in [-0.2, -0.15) is 0 Å². The Hall–Kier alpha value is -2.59. The van der Waals surface area contributed by atoms with E-state index in [-0.39, 0.29) is 12.0 Å². The number of pyridine rings is 1. The summed E-state index contributed by atoms with van der Waals surface area (Å²) in [4.78, 5) is 17.9. The molecular formula is C22H21ClN2O2. The van der Waals surface area contributed by atoms with Gasteiger partial charge < -0.3 is 10.1 Å². The number of ether oxygens (including phenoxy) is 1. The number of rotatable bonds is 4. The van der Waals surface area contributed by atoms with Crippen molar-refractivity contribution in [3.63, 3.8) is 0 Å². The molecule has 3 aromatic rings. The molecule has 0 saturated heterocycles. The number of carbonyl (C=O) groups is 1. The van der Waals surface area contributed by atoms with E-state index in [0.717, 1.165) is 52.9 Å². The molecular weight excluding hydrogens is 360 g/mol. The van der Waals surface area contributed by atoms with Crippen molar-refractivity contribution in [1.29, 1.82) is 0 Å². The molecule has 1 aliphatic carbocycles. The fraction of sp³-hybridized carbons (Fsp3) is 0.273. The molecule has 1 amide bonds. The lowest BCUT2D eigenvalue weighted by Gasteiger charge is -2.14. The number of hydrogen-bond acceptors (Lipinski definition) is 3. The van der Waals surface area contributed by atoms with Gasteiger partial charge in [-0.25, -0.2) is 0 Å². The highest BCUT2D eigenvalue weighted by Gasteiger charge is 2.24. The first kappa shape index (κ1) is 17.8. The number of halogens is 1. The van der Waals surface area contributed by atoms with Gasteiger partial charge in [-0.1, -0.05) is 11.6 Å². The summed E-state index contributed by atoms with van der Waals surface area (Å²) in [5.74, 6) is 0.658. The third-order valence-electron chi connectivity index (χ3n) is 4.68. The Bertz CT molecular complexity index is 1010. The lowest BCUT2D eigenvalue weighted by Crippen LogP contribution is -2.16. The molecule has 1 aromatic heterocycles. The molecule has 0 radical (unpaired) electrons. The highest BCUT2D eigenvalue weighted by Crippen LogP contribution is 2.32. The molecule has 0 saturated carbocycles. The quantitative estimate of drug-likeness (QED) is 0.657. The van der Waals surface area contributed by atoms with Crippen molar-refractivity contribution < 1.29 is 9.53 Å². The number of carbonyl (C=O) groups excluding carboxylic acids is 1. The van der Waals surface area contributed by atoms with Crippen molar-refractivity contribution in [2.75, 3.05) is 5.32 Å². The van der Waals surface area contributed by atoms with Crippen LogP contribution in [0, 0.1) is 0 Å². The maximum Gasteiger partial charge on any atom is 0.256 e. The van der Waals surface area contributed by atoms with Crippen LogP contribution >= 0.6 is 11.6 Å². The van der Waals surface area contributed by atoms with Crippen molar-refractivity contribution >= 4 is 34.1 Å². The van der Waals surface area contributed by atoms with E-state index in [9.17, 15) is 4.79 Å². The molecule has 0 aliphatic heterocycles. The number of fused-ring (bicyclic) bond motifs is 2. The van der Waals surface area contributed by atoms with Crippen molar-refractivity contribution in [3.8, 4) is 5.75 Å². The van der Waals surface area contributed by atoms with Gasteiger partial charge in [0.05, 0.1) is 17.2 Å². The minimum Gasteiger partial charge on any atom is -0.491 e. The summed E-state index contributed by atoms with van der Waals surface area (Å²) in [7, 11) is 0. The summed E-state index contributed by atoms with van der Waals surface area (Å²) < 4.78 is 5.65. The number of anilines is 1. The monoisotopic (exact) mass is 380 g/mol. The smallest absolute Gasteiger partial charge is 0.256 e. The Morgan fingerprint density at radius 2 is 1.93 bits per heavy atom. The number of nitrogens with one attached hydrogen (secondary N) is 1. The number of aryl methyl sites for hydroxylation is 1. The second-order valence-corrected chi connectivity index (χ2v) is 7.51. The van der Waals surface area contributed by atoms with Crippen LogP contribution in [0.15, 0.2) is 42.5 Å². The Balaban J connectivity index is 1.69. The Morgan fingerprint density at radius 3 is 2.67 bits per heavy atom. The van der Waals surface area contributed by atoms with E-state index in [4.69, 9.17) is 21.3 Å². The van der Waals surface area contributed by atoms with Crippen LogP contribution in [0.1, 0.15) is 41.9 Å². The number of aromatic nitrogens is 1. The molecule has 1 N–H and O–H groups in total. The van der Waals surface area contributed by atoms with Gasteiger partial charge in [0.15, 0.2) is 0 Å². The van der Waals surface area contributed by atoms with Crippen LogP contribution in [-0.2, 0) is 12.8 Å². The Labute approximate surface area is 163 Å². The summed E-state index contributed by atoms with van der Waals surface area (Å²) in [6.07, 6.45) is 2.92. The summed E-state index contributed by atoms with van der Waals surface area (Å²) in [6, 6.07) is 13.0. The van der Waals surface area contributed by atoms with Crippen LogP contribution in [0.4, 0.5) is 5.69 Å². The summed E-state index contributed by atoms with van der Waals surface area (Å²) in [5, 5.41) is 4.42. The van der Waals surface area contributed by atoms with E-state index >= 15 is 0 Å². The molecule has 1 aliphatic rings. The third kappa shape index (κ3) is 3.62. The van der Waals surface area contributed by atoms with E-state index in [1.807, 2.05) is 56.3 Å². The predicted octanol–water partition coefficient (Wildman–Crippen LogP) is 5.42. The third-order valence-corrected chi connectivity index (χ3v) is 4.92. The van der Waals surface area contributed by atoms with Gasteiger partial charge in [0.25, 0.3) is 5.91 Å². The van der Waals surface area contributed by atoms with E-state index in [2.05, 4.69) is 5.32 Å². The molecule has 4 nitrogen and oxygen atoms in total. The first-order valence-electron chi connectivity index (χ1n) is 9.20. The van der Waals surface area contributed by atoms with Crippen molar-refractivity contribution in [2.45, 2.75) is 39.2 Å². The van der Waals surface area contributed by atoms with E-state index in [1.165, 1.54) is 0 Å². The molecule has 138 valence electrons. The first-order valence-corrected chi connectivity index (χ1v) is 9.58. The fourth-order valence-electron chi connectivity index (χ4n) is 3.58. The van der Waals surface area contributed by atoms with Gasteiger partial charge in [-0.05, 0) is 81.1 Å². The zero-order valence-electron chi connectivity index (χ0n) is 15.4. The maximum absolute atomic E-state index is 13.1. The highest BCUT2D eigenvalue weighted by atomic mass is 35.5. The molecule has 5 heteroatoms. The summed E-state index contributed by atoms with van der Waals surface area (Å²) in [6.45, 7) is 3.96. The molecule has 0 bridgehead atoms. The Morgan fingerprint density at radius 1 is 1.15 bits per heavy atom. The minimum atomic E-state index is -0.125. The number of nitrogens with zero attached hydrogens (tertiary/aromatic N) is 1. The molecule has 0 unspecified atom stereocenters. The van der Waals surface area contributed by atoms with E-state index in [1.54, 1.807) is 0 Å². The highest BCUT2D eigenvalue weighted by molar-refractivity contribution is 6.31. The molecule has 1 heterocycles. The molecule has 27 heavy (non-hydrogen) atoms. The van der Waals surface area contributed by atoms with Crippen LogP contribution in [0.2, 0.25) is 5.02 Å². The fourth-order valence-corrected chi connectivity index (χ4v) is 3.75. The summed E-state index contributed by atoms with van der Waals surface area (Å²) in [5.41, 5.74) is 4.30. The lowest BCUT2D eigenvalue weighted by molar-refractivity contribution is 0.102. The number of benzene rings is 2. The maximum atomic E-state index is 13.1. The van der Waals surface area contributed by atoms with Crippen molar-refractivity contribution in [2.24, 2.45) is 0 Å². The van der Waals surface area contributed by atoms with Gasteiger partial charge in [0.2, 0.25) is 0 Å². The molecule has 0 spiro atoms. The average Bonchev–Trinajstić information content (AvgIpc) is 3.08. The van der Waals surface area contributed by atoms with Crippen LogP contribution in [0.3, 0.4) is 0 Å². The van der Waals surface area contributed by atoms with Gasteiger partial charge in [-0.3, -0.25) is 9.78 Å². The van der Waals surface area contributed by atoms with Gasteiger partial charge in [0, 0.05) is 21.8 Å². The molecule has 4 rings (SSSR count). The van der Waals surface area contributed by atoms with Gasteiger partial charge in [-0.15, -0.1) is 0 Å². The lowest BCUT2D eigenvalue weighted by atomic mass is 10.0. The zero-order valence-corrected chi connectivity index (χ0v) is 16.1. The first-order chi connectivity index (χ1) is 13.0. The molecule has 0 fully saturated rings. The zero-order chi connectivity index (χ0) is 19.0. The van der Waals surface area contributed by atoms with Crippen molar-refractivity contribution in [3.05, 3.63) is 64.3 Å². The molecule has 2 aromatic carbocycles. The topological polar surface area (TPSA) is 51.2 Å². The van der Waals surface area contributed by atoms with E-state index in [0.29, 0.717) is 10.6 Å². The summed E-state index contributed by atoms with van der Waals surface area (Å²) >= 11 is 6.19. The van der Waals surface area contributed by atoms with Crippen LogP contribution in [0.25, 0.3) is 10.9 Å². The number of hydrogen-bond donors (Lipinski definition) is 1. The number of amides is 1. The van der Waals surface area contributed by atoms with Crippen molar-refractivity contribution in [1.82, 2.24) is 4.98 Å². The second-order valence-electron chi connectivity index (χ2n) is 7.07. The average molecular weight is 381 g/mol. The van der Waals surface area contributed by atoms with E-state index < -0.39 is 0 Å². The second kappa shape index (κ2) is 7.20.